The second kappa shape index (κ2) is 10.8. The molecule has 0 aliphatic carbocycles. The van der Waals surface area contributed by atoms with Gasteiger partial charge in [0, 0.05) is 12.1 Å². The molecule has 3 atom stereocenters. The number of nitrogens with zero attached hydrogens (tertiary/aromatic N) is 2. The molecule has 6 nitrogen and oxygen atoms in total. The van der Waals surface area contributed by atoms with Crippen molar-refractivity contribution >= 4 is 11.8 Å². The summed E-state index contributed by atoms with van der Waals surface area (Å²) >= 11 is 0. The van der Waals surface area contributed by atoms with Gasteiger partial charge >= 0.3 is 0 Å². The van der Waals surface area contributed by atoms with E-state index < -0.39 is 0 Å². The average molecular weight is 400 g/mol. The Balaban J connectivity index is 2.19. The van der Waals surface area contributed by atoms with Crippen LogP contribution in [-0.4, -0.2) is 33.8 Å². The lowest BCUT2D eigenvalue weighted by molar-refractivity contribution is -0.136. The number of carbonyl (C=O) groups is 2. The van der Waals surface area contributed by atoms with Gasteiger partial charge in [0.15, 0.2) is 5.69 Å². The normalized spacial score (nSPS) is 14.1. The van der Waals surface area contributed by atoms with Gasteiger partial charge in [-0.2, -0.15) is 0 Å². The van der Waals surface area contributed by atoms with Crippen molar-refractivity contribution in [1.29, 1.82) is 0 Å². The molecule has 0 radical (unpaired) electrons. The van der Waals surface area contributed by atoms with Gasteiger partial charge < -0.3 is 14.6 Å². The highest BCUT2D eigenvalue weighted by Crippen LogP contribution is 2.25. The van der Waals surface area contributed by atoms with Gasteiger partial charge in [-0.1, -0.05) is 51.1 Å². The molecular weight excluding hydrogens is 366 g/mol. The Labute approximate surface area is 173 Å². The van der Waals surface area contributed by atoms with Crippen molar-refractivity contribution < 1.29 is 14.0 Å². The van der Waals surface area contributed by atoms with Crippen LogP contribution in [0.4, 0.5) is 0 Å². The first-order valence-electron chi connectivity index (χ1n) is 10.5. The van der Waals surface area contributed by atoms with Crippen molar-refractivity contribution in [3.8, 4) is 0 Å². The van der Waals surface area contributed by atoms with Crippen LogP contribution in [0.15, 0.2) is 41.0 Å². The largest absolute Gasteiger partial charge is 0.446 e. The topological polar surface area (TPSA) is 75.4 Å². The second-order valence-electron chi connectivity index (χ2n) is 7.50. The van der Waals surface area contributed by atoms with Gasteiger partial charge in [0.2, 0.25) is 11.8 Å². The molecule has 0 aliphatic rings. The van der Waals surface area contributed by atoms with Gasteiger partial charge in [0.05, 0.1) is 12.5 Å². The molecule has 158 valence electrons. The summed E-state index contributed by atoms with van der Waals surface area (Å²) < 4.78 is 5.53. The third kappa shape index (κ3) is 5.92. The molecule has 6 heteroatoms. The molecule has 1 aromatic heterocycles. The van der Waals surface area contributed by atoms with E-state index in [4.69, 9.17) is 4.42 Å². The highest BCUT2D eigenvalue weighted by molar-refractivity contribution is 5.92. The van der Waals surface area contributed by atoms with E-state index in [1.807, 2.05) is 62.9 Å². The van der Waals surface area contributed by atoms with Crippen LogP contribution in [0.2, 0.25) is 0 Å². The summed E-state index contributed by atoms with van der Waals surface area (Å²) in [4.78, 5) is 31.8. The van der Waals surface area contributed by atoms with E-state index >= 15 is 0 Å². The number of nitrogens with one attached hydrogen (secondary N) is 1. The Kier molecular flexibility index (Phi) is 8.43. The molecule has 1 heterocycles. The predicted octanol–water partition coefficient (Wildman–Crippen LogP) is 4.52. The smallest absolute Gasteiger partial charge is 0.273 e. The van der Waals surface area contributed by atoms with Gasteiger partial charge in [-0.15, -0.1) is 0 Å². The van der Waals surface area contributed by atoms with E-state index in [9.17, 15) is 9.59 Å². The molecule has 2 rings (SSSR count). The Bertz CT molecular complexity index is 788. The van der Waals surface area contributed by atoms with E-state index in [2.05, 4.69) is 17.2 Å². The van der Waals surface area contributed by atoms with Gasteiger partial charge in [-0.05, 0) is 38.7 Å². The van der Waals surface area contributed by atoms with Crippen LogP contribution in [0.3, 0.4) is 0 Å². The lowest BCUT2D eigenvalue weighted by Gasteiger charge is -2.31. The Morgan fingerprint density at radius 2 is 1.76 bits per heavy atom. The quantitative estimate of drug-likeness (QED) is 0.637. The Morgan fingerprint density at radius 1 is 1.07 bits per heavy atom. The summed E-state index contributed by atoms with van der Waals surface area (Å²) in [7, 11) is 0. The first-order chi connectivity index (χ1) is 13.9. The average Bonchev–Trinajstić information content (AvgIpc) is 3.21. The molecule has 2 amide bonds. The van der Waals surface area contributed by atoms with E-state index in [0.717, 1.165) is 18.4 Å². The lowest BCUT2D eigenvalue weighted by atomic mass is 9.94. The maximum Gasteiger partial charge on any atom is 0.273 e. The van der Waals surface area contributed by atoms with E-state index in [-0.39, 0.29) is 42.1 Å². The van der Waals surface area contributed by atoms with Crippen LogP contribution in [0, 0.1) is 0 Å². The number of hydrogen-bond acceptors (Lipinski definition) is 4. The minimum Gasteiger partial charge on any atom is -0.446 e. The van der Waals surface area contributed by atoms with E-state index in [1.165, 1.54) is 6.26 Å². The number of oxazole rings is 1. The number of rotatable bonds is 10. The summed E-state index contributed by atoms with van der Waals surface area (Å²) in [5, 5.41) is 2.88. The van der Waals surface area contributed by atoms with Crippen LogP contribution in [0.1, 0.15) is 81.7 Å². The molecule has 0 bridgehead atoms. The van der Waals surface area contributed by atoms with Gasteiger partial charge in [0.25, 0.3) is 5.91 Å². The van der Waals surface area contributed by atoms with Crippen molar-refractivity contribution in [2.75, 3.05) is 0 Å². The standard InChI is InChI=1S/C23H33N3O3/c1-6-16(4)24-22(27)20-15-29-21(25-20)14-26(17(5)7-2)23(28)19(8-3)18-12-10-9-11-13-18/h9-13,15-17,19H,6-8,14H2,1-5H3,(H,24,27)/t16-,17+,19-/m0/s1. The Morgan fingerprint density at radius 3 is 2.34 bits per heavy atom. The van der Waals surface area contributed by atoms with Crippen molar-refractivity contribution in [3.05, 3.63) is 53.7 Å². The number of benzene rings is 1. The van der Waals surface area contributed by atoms with Crippen LogP contribution >= 0.6 is 0 Å². The fraction of sp³-hybridized carbons (Fsp3) is 0.522. The highest BCUT2D eigenvalue weighted by atomic mass is 16.3. The SMILES string of the molecule is CC[C@H](C(=O)N(Cc1nc(C(=O)N[C@@H](C)CC)co1)[C@H](C)CC)c1ccccc1. The zero-order valence-electron chi connectivity index (χ0n) is 18.1. The van der Waals surface area contributed by atoms with Gasteiger partial charge in [-0.25, -0.2) is 4.98 Å². The summed E-state index contributed by atoms with van der Waals surface area (Å²) in [5.74, 6) is -0.0486. The second-order valence-corrected chi connectivity index (χ2v) is 7.50. The monoisotopic (exact) mass is 399 g/mol. The van der Waals surface area contributed by atoms with Crippen molar-refractivity contribution in [3.63, 3.8) is 0 Å². The Hall–Kier alpha value is -2.63. The molecule has 1 N–H and O–H groups in total. The minimum atomic E-state index is -0.258. The molecule has 0 saturated heterocycles. The first kappa shape index (κ1) is 22.7. The maximum atomic E-state index is 13.4. The molecule has 29 heavy (non-hydrogen) atoms. The first-order valence-corrected chi connectivity index (χ1v) is 10.5. The zero-order valence-corrected chi connectivity index (χ0v) is 18.1. The molecule has 0 unspecified atom stereocenters. The third-order valence-corrected chi connectivity index (χ3v) is 5.39. The molecule has 0 saturated carbocycles. The van der Waals surface area contributed by atoms with E-state index in [1.54, 1.807) is 0 Å². The molecular formula is C23H33N3O3. The number of aromatic nitrogens is 1. The lowest BCUT2D eigenvalue weighted by Crippen LogP contribution is -2.40. The van der Waals surface area contributed by atoms with Crippen molar-refractivity contribution in [2.24, 2.45) is 0 Å². The summed E-state index contributed by atoms with van der Waals surface area (Å²) in [6.07, 6.45) is 3.73. The number of amides is 2. The summed E-state index contributed by atoms with van der Waals surface area (Å²) in [6, 6.07) is 9.93. The zero-order chi connectivity index (χ0) is 21.4. The predicted molar refractivity (Wildman–Crippen MR) is 113 cm³/mol. The molecule has 1 aromatic carbocycles. The molecule has 2 aromatic rings. The van der Waals surface area contributed by atoms with Crippen molar-refractivity contribution in [2.45, 2.75) is 78.4 Å². The maximum absolute atomic E-state index is 13.4. The van der Waals surface area contributed by atoms with Crippen LogP contribution in [0.25, 0.3) is 0 Å². The third-order valence-electron chi connectivity index (χ3n) is 5.39. The van der Waals surface area contributed by atoms with Crippen LogP contribution in [0.5, 0.6) is 0 Å². The summed E-state index contributed by atoms with van der Waals surface area (Å²) in [6.45, 7) is 10.3. The molecule has 0 fully saturated rings. The fourth-order valence-electron chi connectivity index (χ4n) is 3.14. The summed E-state index contributed by atoms with van der Waals surface area (Å²) in [5.41, 5.74) is 1.25. The fourth-order valence-corrected chi connectivity index (χ4v) is 3.14. The van der Waals surface area contributed by atoms with Crippen LogP contribution in [-0.2, 0) is 11.3 Å². The van der Waals surface area contributed by atoms with Crippen molar-refractivity contribution in [1.82, 2.24) is 15.2 Å². The molecule has 0 spiro atoms. The number of carbonyl (C=O) groups excluding carboxylic acids is 2. The molecule has 0 aliphatic heterocycles. The van der Waals surface area contributed by atoms with Crippen LogP contribution < -0.4 is 5.32 Å². The van der Waals surface area contributed by atoms with Gasteiger partial charge in [0.1, 0.15) is 6.26 Å². The van der Waals surface area contributed by atoms with E-state index in [0.29, 0.717) is 12.3 Å². The minimum absolute atomic E-state index is 0.0320. The van der Waals surface area contributed by atoms with Gasteiger partial charge in [-0.3, -0.25) is 9.59 Å². The number of hydrogen-bond donors (Lipinski definition) is 1. The highest BCUT2D eigenvalue weighted by Gasteiger charge is 2.28.